The maximum atomic E-state index is 12.4. The first-order chi connectivity index (χ1) is 11.5. The lowest BCUT2D eigenvalue weighted by Gasteiger charge is -2.04. The van der Waals surface area contributed by atoms with Crippen LogP contribution in [0.1, 0.15) is 31.4 Å². The number of amides is 2. The second-order valence-electron chi connectivity index (χ2n) is 5.23. The summed E-state index contributed by atoms with van der Waals surface area (Å²) in [6.07, 6.45) is 3.07. The van der Waals surface area contributed by atoms with E-state index >= 15 is 0 Å². The van der Waals surface area contributed by atoms with E-state index in [1.54, 1.807) is 30.5 Å². The molecule has 0 radical (unpaired) electrons. The lowest BCUT2D eigenvalue weighted by Crippen LogP contribution is -2.12. The van der Waals surface area contributed by atoms with Gasteiger partial charge in [-0.3, -0.25) is 9.59 Å². The van der Waals surface area contributed by atoms with Crippen molar-refractivity contribution in [1.82, 2.24) is 4.98 Å². The standard InChI is InChI=1S/C17H15N3O3S/c1-10-5-6-18-13(8-10)19-17(22)15-11(2)9-14(24-15)20-16(21)12-4-3-7-23-12/h3-9H,1-2H3,(H,20,21)(H,18,19,22). The van der Waals surface area contributed by atoms with Crippen LogP contribution in [-0.2, 0) is 0 Å². The first-order valence-corrected chi connectivity index (χ1v) is 8.04. The highest BCUT2D eigenvalue weighted by Crippen LogP contribution is 2.27. The van der Waals surface area contributed by atoms with E-state index in [9.17, 15) is 9.59 Å². The molecule has 3 heterocycles. The van der Waals surface area contributed by atoms with E-state index < -0.39 is 0 Å². The molecule has 7 heteroatoms. The van der Waals surface area contributed by atoms with Crippen LogP contribution in [0.3, 0.4) is 0 Å². The van der Waals surface area contributed by atoms with E-state index in [0.29, 0.717) is 15.7 Å². The molecule has 0 spiro atoms. The number of thiophene rings is 1. The minimum atomic E-state index is -0.353. The number of aromatic nitrogens is 1. The number of anilines is 2. The van der Waals surface area contributed by atoms with Crippen LogP contribution in [-0.4, -0.2) is 16.8 Å². The van der Waals surface area contributed by atoms with Crippen LogP contribution in [0.2, 0.25) is 0 Å². The van der Waals surface area contributed by atoms with Crippen molar-refractivity contribution in [2.45, 2.75) is 13.8 Å². The molecule has 3 aromatic rings. The Balaban J connectivity index is 1.73. The van der Waals surface area contributed by atoms with Gasteiger partial charge in [-0.05, 0) is 55.3 Å². The fourth-order valence-electron chi connectivity index (χ4n) is 2.13. The Hall–Kier alpha value is -2.93. The van der Waals surface area contributed by atoms with Crippen LogP contribution < -0.4 is 10.6 Å². The molecular formula is C17H15N3O3S. The van der Waals surface area contributed by atoms with Gasteiger partial charge in [-0.2, -0.15) is 0 Å². The number of carbonyl (C=O) groups is 2. The summed E-state index contributed by atoms with van der Waals surface area (Å²) in [6.45, 7) is 3.74. The van der Waals surface area contributed by atoms with E-state index in [1.807, 2.05) is 19.9 Å². The number of nitrogens with zero attached hydrogens (tertiary/aromatic N) is 1. The number of furan rings is 1. The van der Waals surface area contributed by atoms with Crippen molar-refractivity contribution < 1.29 is 14.0 Å². The second kappa shape index (κ2) is 6.67. The van der Waals surface area contributed by atoms with Crippen molar-refractivity contribution in [3.05, 3.63) is 64.6 Å². The van der Waals surface area contributed by atoms with Gasteiger partial charge in [0.15, 0.2) is 5.76 Å². The first-order valence-electron chi connectivity index (χ1n) is 7.22. The normalized spacial score (nSPS) is 10.4. The topological polar surface area (TPSA) is 84.2 Å². The Morgan fingerprint density at radius 2 is 1.96 bits per heavy atom. The summed E-state index contributed by atoms with van der Waals surface area (Å²) >= 11 is 1.20. The first kappa shape index (κ1) is 15.9. The smallest absolute Gasteiger partial charge is 0.291 e. The zero-order valence-corrected chi connectivity index (χ0v) is 13.9. The third-order valence-corrected chi connectivity index (χ3v) is 4.41. The molecule has 0 aromatic carbocycles. The molecule has 0 saturated heterocycles. The lowest BCUT2D eigenvalue weighted by atomic mass is 10.2. The SMILES string of the molecule is Cc1ccnc(NC(=O)c2sc(NC(=O)c3ccco3)cc2C)c1. The van der Waals surface area contributed by atoms with Crippen LogP contribution in [0.25, 0.3) is 0 Å². The summed E-state index contributed by atoms with van der Waals surface area (Å²) in [5.41, 5.74) is 1.79. The van der Waals surface area contributed by atoms with E-state index in [0.717, 1.165) is 11.1 Å². The summed E-state index contributed by atoms with van der Waals surface area (Å²) in [5.74, 6) is 0.104. The molecule has 0 bridgehead atoms. The Morgan fingerprint density at radius 3 is 2.67 bits per heavy atom. The summed E-state index contributed by atoms with van der Waals surface area (Å²) < 4.78 is 5.05. The van der Waals surface area contributed by atoms with E-state index in [-0.39, 0.29) is 17.6 Å². The maximum absolute atomic E-state index is 12.4. The van der Waals surface area contributed by atoms with Gasteiger partial charge in [-0.1, -0.05) is 0 Å². The van der Waals surface area contributed by atoms with Crippen molar-refractivity contribution in [3.63, 3.8) is 0 Å². The van der Waals surface area contributed by atoms with Crippen LogP contribution in [0.15, 0.2) is 47.2 Å². The Labute approximate surface area is 142 Å². The molecule has 6 nitrogen and oxygen atoms in total. The second-order valence-corrected chi connectivity index (χ2v) is 6.28. The summed E-state index contributed by atoms with van der Waals surface area (Å²) in [4.78, 5) is 29.0. The van der Waals surface area contributed by atoms with Gasteiger partial charge >= 0.3 is 0 Å². The Bertz CT molecular complexity index is 884. The van der Waals surface area contributed by atoms with Crippen LogP contribution in [0, 0.1) is 13.8 Å². The summed E-state index contributed by atoms with van der Waals surface area (Å²) in [6, 6.07) is 8.62. The third-order valence-electron chi connectivity index (χ3n) is 3.26. The van der Waals surface area contributed by atoms with Crippen molar-refractivity contribution in [3.8, 4) is 0 Å². The lowest BCUT2D eigenvalue weighted by molar-refractivity contribution is 0.0995. The fraction of sp³-hybridized carbons (Fsp3) is 0.118. The predicted molar refractivity (Wildman–Crippen MR) is 92.6 cm³/mol. The zero-order valence-electron chi connectivity index (χ0n) is 13.1. The third kappa shape index (κ3) is 3.52. The number of hydrogen-bond acceptors (Lipinski definition) is 5. The number of rotatable bonds is 4. The largest absolute Gasteiger partial charge is 0.459 e. The molecule has 0 aliphatic carbocycles. The Morgan fingerprint density at radius 1 is 1.12 bits per heavy atom. The molecule has 3 aromatic heterocycles. The molecule has 3 rings (SSSR count). The molecule has 0 aliphatic heterocycles. The minimum Gasteiger partial charge on any atom is -0.459 e. The van der Waals surface area contributed by atoms with Gasteiger partial charge < -0.3 is 15.1 Å². The molecule has 0 unspecified atom stereocenters. The Kier molecular flexibility index (Phi) is 4.43. The highest BCUT2D eigenvalue weighted by Gasteiger charge is 2.17. The molecule has 0 aliphatic rings. The maximum Gasteiger partial charge on any atom is 0.291 e. The number of carbonyl (C=O) groups excluding carboxylic acids is 2. The van der Waals surface area contributed by atoms with Gasteiger partial charge in [-0.25, -0.2) is 4.98 Å². The quantitative estimate of drug-likeness (QED) is 0.755. The van der Waals surface area contributed by atoms with Crippen molar-refractivity contribution >= 4 is 34.0 Å². The van der Waals surface area contributed by atoms with Gasteiger partial charge in [0.25, 0.3) is 11.8 Å². The average molecular weight is 341 g/mol. The predicted octanol–water partition coefficient (Wildman–Crippen LogP) is 3.86. The van der Waals surface area contributed by atoms with Crippen molar-refractivity contribution in [2.24, 2.45) is 0 Å². The van der Waals surface area contributed by atoms with Gasteiger partial charge in [0.2, 0.25) is 0 Å². The molecule has 0 atom stereocenters. The van der Waals surface area contributed by atoms with Gasteiger partial charge in [0.1, 0.15) is 5.82 Å². The molecular weight excluding hydrogens is 326 g/mol. The molecule has 122 valence electrons. The molecule has 2 N–H and O–H groups in total. The molecule has 0 saturated carbocycles. The minimum absolute atomic E-state index is 0.219. The van der Waals surface area contributed by atoms with Gasteiger partial charge in [0.05, 0.1) is 16.1 Å². The molecule has 2 amide bonds. The van der Waals surface area contributed by atoms with Gasteiger partial charge in [-0.15, -0.1) is 11.3 Å². The van der Waals surface area contributed by atoms with Crippen molar-refractivity contribution in [2.75, 3.05) is 10.6 Å². The summed E-state index contributed by atoms with van der Waals surface area (Å²) in [7, 11) is 0. The zero-order chi connectivity index (χ0) is 17.1. The van der Waals surface area contributed by atoms with Crippen LogP contribution >= 0.6 is 11.3 Å². The fourth-order valence-corrected chi connectivity index (χ4v) is 3.09. The number of nitrogens with one attached hydrogen (secondary N) is 2. The molecule has 0 fully saturated rings. The van der Waals surface area contributed by atoms with Crippen LogP contribution in [0.4, 0.5) is 10.8 Å². The van der Waals surface area contributed by atoms with E-state index in [2.05, 4.69) is 15.6 Å². The van der Waals surface area contributed by atoms with E-state index in [1.165, 1.54) is 17.6 Å². The number of pyridine rings is 1. The molecule has 24 heavy (non-hydrogen) atoms. The van der Waals surface area contributed by atoms with Crippen molar-refractivity contribution in [1.29, 1.82) is 0 Å². The van der Waals surface area contributed by atoms with Crippen LogP contribution in [0.5, 0.6) is 0 Å². The highest BCUT2D eigenvalue weighted by molar-refractivity contribution is 7.18. The monoisotopic (exact) mass is 341 g/mol. The van der Waals surface area contributed by atoms with Gasteiger partial charge in [0, 0.05) is 6.20 Å². The van der Waals surface area contributed by atoms with E-state index in [4.69, 9.17) is 4.42 Å². The summed E-state index contributed by atoms with van der Waals surface area (Å²) in [5, 5.41) is 6.07. The number of aryl methyl sites for hydroxylation is 2. The average Bonchev–Trinajstić information content (AvgIpc) is 3.17. The highest BCUT2D eigenvalue weighted by atomic mass is 32.1. The number of hydrogen-bond donors (Lipinski definition) is 2.